The Balaban J connectivity index is 1.37. The minimum absolute atomic E-state index is 0.310. The number of halogens is 2. The van der Waals surface area contributed by atoms with Crippen LogP contribution in [0.25, 0.3) is 0 Å². The Morgan fingerprint density at radius 1 is 1.32 bits per heavy atom. The highest BCUT2D eigenvalue weighted by Gasteiger charge is 2.52. The monoisotopic (exact) mass is 480 g/mol. The van der Waals surface area contributed by atoms with Crippen LogP contribution in [0.1, 0.15) is 43.0 Å². The molecule has 2 fully saturated rings. The molecule has 1 aliphatic carbocycles. The van der Waals surface area contributed by atoms with E-state index in [2.05, 4.69) is 22.5 Å². The van der Waals surface area contributed by atoms with E-state index in [0.717, 1.165) is 28.2 Å². The molecule has 10 heteroatoms. The van der Waals surface area contributed by atoms with E-state index in [-0.39, 0.29) is 12.5 Å². The number of aromatic nitrogens is 1. The van der Waals surface area contributed by atoms with Crippen molar-refractivity contribution in [3.63, 3.8) is 0 Å². The summed E-state index contributed by atoms with van der Waals surface area (Å²) < 4.78 is 0. The fraction of sp³-hybridized carbons (Fsp3) is 0.429. The van der Waals surface area contributed by atoms with Crippen LogP contribution in [-0.4, -0.2) is 39.8 Å². The van der Waals surface area contributed by atoms with Gasteiger partial charge >= 0.3 is 6.03 Å². The van der Waals surface area contributed by atoms with Crippen molar-refractivity contribution in [3.05, 3.63) is 44.9 Å². The second-order valence-electron chi connectivity index (χ2n) is 8.18. The Morgan fingerprint density at radius 3 is 2.81 bits per heavy atom. The summed E-state index contributed by atoms with van der Waals surface area (Å²) >= 11 is 13.5. The van der Waals surface area contributed by atoms with E-state index in [4.69, 9.17) is 23.2 Å². The summed E-state index contributed by atoms with van der Waals surface area (Å²) in [7, 11) is 0. The minimum Gasteiger partial charge on any atom is -0.323 e. The number of imide groups is 1. The Bertz CT molecular complexity index is 1030. The van der Waals surface area contributed by atoms with Gasteiger partial charge in [-0.2, -0.15) is 0 Å². The van der Waals surface area contributed by atoms with Crippen LogP contribution in [0, 0.1) is 5.92 Å². The lowest BCUT2D eigenvalue weighted by atomic mass is 9.77. The molecule has 1 spiro atoms. The SMILES string of the molecule is CC1CCC2(CC1)NC(=O)N(CC(=O)Nc1ncc(Cc3cc(Cl)ccc3Cl)s1)C2=O. The van der Waals surface area contributed by atoms with Gasteiger partial charge in [-0.15, -0.1) is 11.3 Å². The van der Waals surface area contributed by atoms with Crippen molar-refractivity contribution < 1.29 is 14.4 Å². The third-order valence-electron chi connectivity index (χ3n) is 5.85. The molecule has 4 amide bonds. The fourth-order valence-corrected chi connectivity index (χ4v) is 5.26. The number of nitrogens with one attached hydrogen (secondary N) is 2. The average molecular weight is 481 g/mol. The van der Waals surface area contributed by atoms with Gasteiger partial charge in [-0.1, -0.05) is 30.1 Å². The molecule has 164 valence electrons. The number of hydrogen-bond donors (Lipinski definition) is 2. The maximum Gasteiger partial charge on any atom is 0.325 e. The smallest absolute Gasteiger partial charge is 0.323 e. The summed E-state index contributed by atoms with van der Waals surface area (Å²) in [5.74, 6) is -0.241. The fourth-order valence-electron chi connectivity index (χ4n) is 4.03. The number of carbonyl (C=O) groups excluding carboxylic acids is 3. The molecular weight excluding hydrogens is 459 g/mol. The maximum absolute atomic E-state index is 12.9. The van der Waals surface area contributed by atoms with Crippen molar-refractivity contribution >= 4 is 57.5 Å². The first-order valence-corrected chi connectivity index (χ1v) is 11.7. The molecular formula is C21H22Cl2N4O3S. The molecule has 4 rings (SSSR count). The molecule has 1 saturated heterocycles. The van der Waals surface area contributed by atoms with Crippen LogP contribution in [0.4, 0.5) is 9.93 Å². The number of urea groups is 1. The van der Waals surface area contributed by atoms with E-state index in [9.17, 15) is 14.4 Å². The first-order valence-electron chi connectivity index (χ1n) is 10.1. The topological polar surface area (TPSA) is 91.4 Å². The van der Waals surface area contributed by atoms with E-state index in [1.165, 1.54) is 11.3 Å². The van der Waals surface area contributed by atoms with Crippen molar-refractivity contribution in [2.75, 3.05) is 11.9 Å². The second kappa shape index (κ2) is 8.76. The van der Waals surface area contributed by atoms with Gasteiger partial charge in [0.15, 0.2) is 5.13 Å². The molecule has 7 nitrogen and oxygen atoms in total. The van der Waals surface area contributed by atoms with Crippen LogP contribution in [0.15, 0.2) is 24.4 Å². The van der Waals surface area contributed by atoms with Crippen LogP contribution < -0.4 is 10.6 Å². The number of rotatable bonds is 5. The summed E-state index contributed by atoms with van der Waals surface area (Å²) in [5, 5.41) is 7.09. The average Bonchev–Trinajstić information content (AvgIpc) is 3.25. The highest BCUT2D eigenvalue weighted by atomic mass is 35.5. The molecule has 1 aliphatic heterocycles. The summed E-state index contributed by atoms with van der Waals surface area (Å²) in [5.41, 5.74) is 0.0104. The van der Waals surface area contributed by atoms with Crippen molar-refractivity contribution in [1.29, 1.82) is 0 Å². The summed E-state index contributed by atoms with van der Waals surface area (Å²) in [6, 6.07) is 4.74. The zero-order valence-corrected chi connectivity index (χ0v) is 19.2. The predicted molar refractivity (Wildman–Crippen MR) is 121 cm³/mol. The molecule has 0 unspecified atom stereocenters. The van der Waals surface area contributed by atoms with Gasteiger partial charge in [0.05, 0.1) is 0 Å². The zero-order valence-electron chi connectivity index (χ0n) is 16.9. The second-order valence-corrected chi connectivity index (χ2v) is 10.1. The number of benzene rings is 1. The summed E-state index contributed by atoms with van der Waals surface area (Å²) in [6.45, 7) is 1.80. The number of carbonyl (C=O) groups is 3. The molecule has 2 N–H and O–H groups in total. The lowest BCUT2D eigenvalue weighted by Crippen LogP contribution is -2.49. The van der Waals surface area contributed by atoms with Crippen molar-refractivity contribution in [3.8, 4) is 0 Å². The molecule has 2 aliphatic rings. The maximum atomic E-state index is 12.9. The Kier molecular flexibility index (Phi) is 6.23. The number of anilines is 1. The first kappa shape index (κ1) is 22.0. The molecule has 31 heavy (non-hydrogen) atoms. The quantitative estimate of drug-likeness (QED) is 0.617. The van der Waals surface area contributed by atoms with Crippen LogP contribution in [0.5, 0.6) is 0 Å². The normalized spacial score (nSPS) is 23.3. The van der Waals surface area contributed by atoms with E-state index in [1.54, 1.807) is 24.4 Å². The molecule has 2 heterocycles. The molecule has 0 radical (unpaired) electrons. The van der Waals surface area contributed by atoms with E-state index in [0.29, 0.717) is 40.4 Å². The third-order valence-corrected chi connectivity index (χ3v) is 7.36. The Morgan fingerprint density at radius 2 is 2.06 bits per heavy atom. The van der Waals surface area contributed by atoms with Crippen LogP contribution in [-0.2, 0) is 16.0 Å². The van der Waals surface area contributed by atoms with Crippen molar-refractivity contribution in [1.82, 2.24) is 15.2 Å². The van der Waals surface area contributed by atoms with Gasteiger partial charge in [-0.05, 0) is 55.4 Å². The summed E-state index contributed by atoms with van der Waals surface area (Å²) in [6.07, 6.45) is 5.16. The molecule has 0 atom stereocenters. The molecule has 1 aromatic carbocycles. The largest absolute Gasteiger partial charge is 0.325 e. The predicted octanol–water partition coefficient (Wildman–Crippen LogP) is 4.48. The highest BCUT2D eigenvalue weighted by molar-refractivity contribution is 7.15. The van der Waals surface area contributed by atoms with Crippen LogP contribution in [0.3, 0.4) is 0 Å². The molecule has 1 saturated carbocycles. The lowest BCUT2D eigenvalue weighted by molar-refractivity contribution is -0.135. The molecule has 1 aromatic heterocycles. The Labute approximate surface area is 194 Å². The van der Waals surface area contributed by atoms with Crippen LogP contribution in [0.2, 0.25) is 10.0 Å². The number of amides is 4. The van der Waals surface area contributed by atoms with Gasteiger partial charge in [-0.3, -0.25) is 14.5 Å². The standard InChI is InChI=1S/C21H22Cl2N4O3S/c1-12-4-6-21(7-5-12)18(29)27(20(30)26-21)11-17(28)25-19-24-10-15(31-19)9-13-8-14(22)2-3-16(13)23/h2-3,8,10,12H,4-7,9,11H2,1H3,(H,26,30)(H,24,25,28). The first-order chi connectivity index (χ1) is 14.8. The minimum atomic E-state index is -0.853. The van der Waals surface area contributed by atoms with Gasteiger partial charge in [0.1, 0.15) is 12.1 Å². The van der Waals surface area contributed by atoms with E-state index >= 15 is 0 Å². The van der Waals surface area contributed by atoms with Gasteiger partial charge in [0.2, 0.25) is 5.91 Å². The highest BCUT2D eigenvalue weighted by Crippen LogP contribution is 2.36. The Hall–Kier alpha value is -2.16. The number of thiazole rings is 1. The van der Waals surface area contributed by atoms with Gasteiger partial charge < -0.3 is 10.6 Å². The third kappa shape index (κ3) is 4.71. The van der Waals surface area contributed by atoms with E-state index < -0.39 is 17.5 Å². The molecule has 2 aromatic rings. The van der Waals surface area contributed by atoms with Gasteiger partial charge in [0.25, 0.3) is 5.91 Å². The number of hydrogen-bond acceptors (Lipinski definition) is 5. The van der Waals surface area contributed by atoms with Gasteiger partial charge in [-0.25, -0.2) is 9.78 Å². The van der Waals surface area contributed by atoms with Crippen LogP contribution >= 0.6 is 34.5 Å². The van der Waals surface area contributed by atoms with Gasteiger partial charge in [0, 0.05) is 27.5 Å². The summed E-state index contributed by atoms with van der Waals surface area (Å²) in [4.78, 5) is 43.9. The zero-order chi connectivity index (χ0) is 22.2. The van der Waals surface area contributed by atoms with Crippen molar-refractivity contribution in [2.24, 2.45) is 5.92 Å². The van der Waals surface area contributed by atoms with Crippen molar-refractivity contribution in [2.45, 2.75) is 44.6 Å². The molecule has 0 bridgehead atoms. The number of nitrogens with zero attached hydrogens (tertiary/aromatic N) is 2. The lowest BCUT2D eigenvalue weighted by Gasteiger charge is -2.33. The van der Waals surface area contributed by atoms with E-state index in [1.807, 2.05) is 0 Å².